The molecule has 102 valence electrons. The van der Waals surface area contributed by atoms with Crippen molar-refractivity contribution >= 4 is 21.4 Å². The predicted octanol–water partition coefficient (Wildman–Crippen LogP) is 3.50. The van der Waals surface area contributed by atoms with E-state index >= 15 is 0 Å². The molecule has 1 aliphatic rings. The van der Waals surface area contributed by atoms with E-state index in [2.05, 4.69) is 17.5 Å². The summed E-state index contributed by atoms with van der Waals surface area (Å²) in [6, 6.07) is 8.26. The van der Waals surface area contributed by atoms with Gasteiger partial charge in [0.1, 0.15) is 0 Å². The number of benzene rings is 1. The van der Waals surface area contributed by atoms with Gasteiger partial charge in [0.2, 0.25) is 0 Å². The Morgan fingerprint density at radius 2 is 1.89 bits per heavy atom. The minimum Gasteiger partial charge on any atom is -0.390 e. The fourth-order valence-corrected chi connectivity index (χ4v) is 4.06. The van der Waals surface area contributed by atoms with Crippen molar-refractivity contribution in [3.05, 3.63) is 35.2 Å². The molecule has 2 N–H and O–H groups in total. The van der Waals surface area contributed by atoms with Gasteiger partial charge in [0.15, 0.2) is 0 Å². The van der Waals surface area contributed by atoms with Crippen LogP contribution < -0.4 is 0 Å². The number of aliphatic hydroxyl groups is 2. The molecule has 0 radical (unpaired) electrons. The highest BCUT2D eigenvalue weighted by atomic mass is 32.1. The SMILES string of the molecule is OC(Cc1csc2ccccc12)C1(O)CCCCC1. The Kier molecular flexibility index (Phi) is 3.61. The van der Waals surface area contributed by atoms with Gasteiger partial charge >= 0.3 is 0 Å². The van der Waals surface area contributed by atoms with Crippen LogP contribution in [0.15, 0.2) is 29.6 Å². The normalized spacial score (nSPS) is 20.5. The smallest absolute Gasteiger partial charge is 0.0908 e. The molecule has 0 bridgehead atoms. The average molecular weight is 276 g/mol. The van der Waals surface area contributed by atoms with E-state index in [9.17, 15) is 10.2 Å². The molecule has 3 rings (SSSR count). The first-order chi connectivity index (χ1) is 9.19. The van der Waals surface area contributed by atoms with Crippen LogP contribution >= 0.6 is 11.3 Å². The van der Waals surface area contributed by atoms with Gasteiger partial charge in [-0.25, -0.2) is 0 Å². The Morgan fingerprint density at radius 3 is 2.68 bits per heavy atom. The van der Waals surface area contributed by atoms with Gasteiger partial charge in [0.25, 0.3) is 0 Å². The third kappa shape index (κ3) is 2.55. The molecule has 1 saturated carbocycles. The molecular formula is C16H20O2S. The highest BCUT2D eigenvalue weighted by Gasteiger charge is 2.36. The second kappa shape index (κ2) is 5.23. The van der Waals surface area contributed by atoms with Crippen molar-refractivity contribution in [1.82, 2.24) is 0 Å². The zero-order chi connectivity index (χ0) is 13.3. The highest BCUT2D eigenvalue weighted by Crippen LogP contribution is 2.34. The molecule has 1 heterocycles. The minimum absolute atomic E-state index is 0.556. The van der Waals surface area contributed by atoms with Crippen LogP contribution in [0.3, 0.4) is 0 Å². The fraction of sp³-hybridized carbons (Fsp3) is 0.500. The topological polar surface area (TPSA) is 40.5 Å². The molecule has 0 amide bonds. The first-order valence-electron chi connectivity index (χ1n) is 7.05. The molecule has 3 heteroatoms. The van der Waals surface area contributed by atoms with E-state index in [0.717, 1.165) is 31.2 Å². The molecule has 0 spiro atoms. The van der Waals surface area contributed by atoms with Crippen LogP contribution in [-0.4, -0.2) is 21.9 Å². The van der Waals surface area contributed by atoms with Crippen LogP contribution in [-0.2, 0) is 6.42 Å². The van der Waals surface area contributed by atoms with Gasteiger partial charge in [-0.3, -0.25) is 0 Å². The molecule has 0 saturated heterocycles. The van der Waals surface area contributed by atoms with E-state index in [-0.39, 0.29) is 0 Å². The van der Waals surface area contributed by atoms with E-state index in [1.165, 1.54) is 16.5 Å². The maximum Gasteiger partial charge on any atom is 0.0908 e. The molecule has 1 atom stereocenters. The molecule has 2 nitrogen and oxygen atoms in total. The third-order valence-electron chi connectivity index (χ3n) is 4.31. The summed E-state index contributed by atoms with van der Waals surface area (Å²) < 4.78 is 1.25. The lowest BCUT2D eigenvalue weighted by Gasteiger charge is -2.36. The Hall–Kier alpha value is -0.900. The van der Waals surface area contributed by atoms with E-state index in [1.54, 1.807) is 11.3 Å². The molecule has 0 aliphatic heterocycles. The van der Waals surface area contributed by atoms with Gasteiger partial charge in [-0.2, -0.15) is 0 Å². The maximum atomic E-state index is 10.6. The molecule has 1 aromatic heterocycles. The van der Waals surface area contributed by atoms with Crippen LogP contribution in [0.25, 0.3) is 10.1 Å². The van der Waals surface area contributed by atoms with Crippen molar-refractivity contribution in [2.45, 2.75) is 50.2 Å². The minimum atomic E-state index is -0.874. The highest BCUT2D eigenvalue weighted by molar-refractivity contribution is 7.17. The number of rotatable bonds is 3. The zero-order valence-electron chi connectivity index (χ0n) is 11.0. The summed E-state index contributed by atoms with van der Waals surface area (Å²) in [7, 11) is 0. The summed E-state index contributed by atoms with van der Waals surface area (Å²) in [4.78, 5) is 0. The van der Waals surface area contributed by atoms with Crippen molar-refractivity contribution in [3.63, 3.8) is 0 Å². The van der Waals surface area contributed by atoms with Gasteiger partial charge in [-0.15, -0.1) is 11.3 Å². The predicted molar refractivity (Wildman–Crippen MR) is 79.6 cm³/mol. The summed E-state index contributed by atoms with van der Waals surface area (Å²) >= 11 is 1.71. The molecule has 2 aromatic rings. The standard InChI is InChI=1S/C16H20O2S/c17-15(16(18)8-4-1-5-9-16)10-12-11-19-14-7-3-2-6-13(12)14/h2-3,6-7,11,15,17-18H,1,4-5,8-10H2. The lowest BCUT2D eigenvalue weighted by molar-refractivity contribution is -0.0959. The van der Waals surface area contributed by atoms with Gasteiger partial charge < -0.3 is 10.2 Å². The zero-order valence-corrected chi connectivity index (χ0v) is 11.8. The Balaban J connectivity index is 1.80. The number of aliphatic hydroxyl groups excluding tert-OH is 1. The quantitative estimate of drug-likeness (QED) is 0.900. The summed E-state index contributed by atoms with van der Waals surface area (Å²) in [6.07, 6.45) is 4.60. The number of hydrogen-bond donors (Lipinski definition) is 2. The lowest BCUT2D eigenvalue weighted by atomic mass is 9.79. The van der Waals surface area contributed by atoms with E-state index in [1.807, 2.05) is 12.1 Å². The maximum absolute atomic E-state index is 10.6. The third-order valence-corrected chi connectivity index (χ3v) is 5.33. The van der Waals surface area contributed by atoms with Crippen LogP contribution in [0.4, 0.5) is 0 Å². The van der Waals surface area contributed by atoms with Crippen molar-refractivity contribution in [2.75, 3.05) is 0 Å². The second-order valence-corrected chi connectivity index (χ2v) is 6.55. The summed E-state index contributed by atoms with van der Waals surface area (Å²) in [5, 5.41) is 24.3. The summed E-state index contributed by atoms with van der Waals surface area (Å²) in [6.45, 7) is 0. The van der Waals surface area contributed by atoms with E-state index < -0.39 is 11.7 Å². The van der Waals surface area contributed by atoms with Crippen molar-refractivity contribution in [3.8, 4) is 0 Å². The largest absolute Gasteiger partial charge is 0.390 e. The van der Waals surface area contributed by atoms with Gasteiger partial charge in [0.05, 0.1) is 11.7 Å². The summed E-state index contributed by atoms with van der Waals surface area (Å²) in [5.41, 5.74) is 0.286. The Morgan fingerprint density at radius 1 is 1.16 bits per heavy atom. The van der Waals surface area contributed by atoms with Crippen LogP contribution in [0.1, 0.15) is 37.7 Å². The second-order valence-electron chi connectivity index (χ2n) is 5.64. The van der Waals surface area contributed by atoms with Crippen LogP contribution in [0, 0.1) is 0 Å². The average Bonchev–Trinajstić information content (AvgIpc) is 2.83. The summed E-state index contributed by atoms with van der Waals surface area (Å²) in [5.74, 6) is 0. The first kappa shape index (κ1) is 13.1. The number of fused-ring (bicyclic) bond motifs is 1. The van der Waals surface area contributed by atoms with E-state index in [0.29, 0.717) is 6.42 Å². The van der Waals surface area contributed by atoms with Gasteiger partial charge in [0, 0.05) is 11.1 Å². The van der Waals surface area contributed by atoms with Crippen LogP contribution in [0.2, 0.25) is 0 Å². The van der Waals surface area contributed by atoms with E-state index in [4.69, 9.17) is 0 Å². The van der Waals surface area contributed by atoms with Gasteiger partial charge in [-0.1, -0.05) is 37.5 Å². The fourth-order valence-electron chi connectivity index (χ4n) is 3.09. The monoisotopic (exact) mass is 276 g/mol. The van der Waals surface area contributed by atoms with Crippen molar-refractivity contribution < 1.29 is 10.2 Å². The molecule has 19 heavy (non-hydrogen) atoms. The first-order valence-corrected chi connectivity index (χ1v) is 7.92. The molecule has 1 aliphatic carbocycles. The molecule has 1 unspecified atom stereocenters. The van der Waals surface area contributed by atoms with Crippen LogP contribution in [0.5, 0.6) is 0 Å². The molecular weight excluding hydrogens is 256 g/mol. The molecule has 1 fully saturated rings. The van der Waals surface area contributed by atoms with Gasteiger partial charge in [-0.05, 0) is 35.2 Å². The number of thiophene rings is 1. The Labute approximate surface area is 117 Å². The van der Waals surface area contributed by atoms with Crippen molar-refractivity contribution in [1.29, 1.82) is 0 Å². The Bertz CT molecular complexity index is 555. The van der Waals surface area contributed by atoms with Crippen molar-refractivity contribution in [2.24, 2.45) is 0 Å². The molecule has 1 aromatic carbocycles. The lowest BCUT2D eigenvalue weighted by Crippen LogP contribution is -2.45. The number of hydrogen-bond acceptors (Lipinski definition) is 3.